The van der Waals surface area contributed by atoms with Gasteiger partial charge in [-0.2, -0.15) is 18.3 Å². The van der Waals surface area contributed by atoms with Gasteiger partial charge in [-0.3, -0.25) is 4.68 Å². The highest BCUT2D eigenvalue weighted by Crippen LogP contribution is 2.63. The summed E-state index contributed by atoms with van der Waals surface area (Å²) < 4.78 is 66.2. The number of nitrogens with zero attached hydrogens (tertiary/aromatic N) is 3. The number of hydrogen-bond acceptors (Lipinski definition) is 3. The van der Waals surface area contributed by atoms with E-state index in [0.29, 0.717) is 17.5 Å². The van der Waals surface area contributed by atoms with Crippen LogP contribution >= 0.6 is 0 Å². The highest BCUT2D eigenvalue weighted by molar-refractivity contribution is 5.63. The third kappa shape index (κ3) is 2.93. The van der Waals surface area contributed by atoms with Crippen molar-refractivity contribution in [3.63, 3.8) is 0 Å². The molecule has 2 fully saturated rings. The van der Waals surface area contributed by atoms with E-state index in [1.807, 2.05) is 0 Å². The number of aromatic nitrogens is 3. The molecule has 2 aliphatic rings. The van der Waals surface area contributed by atoms with Gasteiger partial charge in [-0.25, -0.2) is 13.8 Å². The standard InChI is InChI=1S/C17H17F5N4/c18-14(19)7-26-13(15-9-2-1-3-10(9)15)5-12(25-26)8-4-11(17(20,21)22)16(23)24-6-8/h4-6,9-10,14-15H,1-3,7H2,(H2,23,24)/t9-,10+,15?. The number of nitrogen functional groups attached to an aromatic ring is 1. The summed E-state index contributed by atoms with van der Waals surface area (Å²) in [6, 6.07) is 2.49. The third-order valence-corrected chi connectivity index (χ3v) is 5.39. The molecule has 0 aromatic carbocycles. The number of alkyl halides is 5. The Morgan fingerprint density at radius 3 is 2.50 bits per heavy atom. The summed E-state index contributed by atoms with van der Waals surface area (Å²) in [7, 11) is 0. The van der Waals surface area contributed by atoms with Crippen molar-refractivity contribution in [2.45, 2.75) is 44.3 Å². The number of halogens is 5. The largest absolute Gasteiger partial charge is 0.419 e. The Bertz CT molecular complexity index is 819. The van der Waals surface area contributed by atoms with E-state index in [2.05, 4.69) is 10.1 Å². The van der Waals surface area contributed by atoms with Gasteiger partial charge in [-0.15, -0.1) is 0 Å². The first-order valence-electron chi connectivity index (χ1n) is 8.44. The van der Waals surface area contributed by atoms with Crippen LogP contribution in [-0.2, 0) is 12.7 Å². The zero-order chi connectivity index (χ0) is 18.6. The summed E-state index contributed by atoms with van der Waals surface area (Å²) in [4.78, 5) is 3.60. The van der Waals surface area contributed by atoms with Crippen molar-refractivity contribution in [1.29, 1.82) is 0 Å². The Kier molecular flexibility index (Phi) is 3.92. The van der Waals surface area contributed by atoms with Gasteiger partial charge in [0.2, 0.25) is 0 Å². The van der Waals surface area contributed by atoms with E-state index in [0.717, 1.165) is 25.3 Å². The average Bonchev–Trinajstić information content (AvgIpc) is 2.90. The van der Waals surface area contributed by atoms with E-state index < -0.39 is 30.5 Å². The lowest BCUT2D eigenvalue weighted by atomic mass is 10.1. The van der Waals surface area contributed by atoms with Crippen LogP contribution in [0.15, 0.2) is 18.3 Å². The minimum absolute atomic E-state index is 0.117. The highest BCUT2D eigenvalue weighted by atomic mass is 19.4. The lowest BCUT2D eigenvalue weighted by Gasteiger charge is -2.10. The predicted molar refractivity (Wildman–Crippen MR) is 84.4 cm³/mol. The molecule has 2 aromatic heterocycles. The van der Waals surface area contributed by atoms with Crippen LogP contribution in [0.4, 0.5) is 27.8 Å². The lowest BCUT2D eigenvalue weighted by Crippen LogP contribution is -2.12. The van der Waals surface area contributed by atoms with Crippen molar-refractivity contribution in [3.8, 4) is 11.3 Å². The third-order valence-electron chi connectivity index (χ3n) is 5.39. The first-order valence-corrected chi connectivity index (χ1v) is 8.44. The van der Waals surface area contributed by atoms with Crippen LogP contribution in [0, 0.1) is 11.8 Å². The van der Waals surface area contributed by atoms with Crippen molar-refractivity contribution in [1.82, 2.24) is 14.8 Å². The molecule has 4 rings (SSSR count). The van der Waals surface area contributed by atoms with Crippen LogP contribution in [-0.4, -0.2) is 21.2 Å². The van der Waals surface area contributed by atoms with Crippen LogP contribution in [0.3, 0.4) is 0 Å². The monoisotopic (exact) mass is 372 g/mol. The number of hydrogen-bond donors (Lipinski definition) is 1. The van der Waals surface area contributed by atoms with Crippen molar-refractivity contribution >= 4 is 5.82 Å². The van der Waals surface area contributed by atoms with E-state index >= 15 is 0 Å². The van der Waals surface area contributed by atoms with Gasteiger partial charge in [0.05, 0.1) is 11.3 Å². The van der Waals surface area contributed by atoms with Gasteiger partial charge in [-0.1, -0.05) is 6.42 Å². The van der Waals surface area contributed by atoms with E-state index in [-0.39, 0.29) is 17.2 Å². The van der Waals surface area contributed by atoms with Gasteiger partial charge in [0.1, 0.15) is 12.4 Å². The Labute approximate surface area is 146 Å². The Balaban J connectivity index is 1.72. The number of pyridine rings is 1. The van der Waals surface area contributed by atoms with Crippen LogP contribution in [0.25, 0.3) is 11.3 Å². The first kappa shape index (κ1) is 17.2. The summed E-state index contributed by atoms with van der Waals surface area (Å²) in [5.74, 6) is 0.510. The van der Waals surface area contributed by atoms with Crippen LogP contribution in [0.2, 0.25) is 0 Å². The quantitative estimate of drug-likeness (QED) is 0.813. The van der Waals surface area contributed by atoms with Crippen molar-refractivity contribution in [3.05, 3.63) is 29.6 Å². The molecule has 2 aromatic rings. The van der Waals surface area contributed by atoms with Crippen molar-refractivity contribution in [2.24, 2.45) is 11.8 Å². The lowest BCUT2D eigenvalue weighted by molar-refractivity contribution is -0.137. The minimum Gasteiger partial charge on any atom is -0.383 e. The second-order valence-electron chi connectivity index (χ2n) is 6.97. The molecule has 0 amide bonds. The summed E-state index contributed by atoms with van der Waals surface area (Å²) >= 11 is 0. The molecule has 0 bridgehead atoms. The molecular weight excluding hydrogens is 355 g/mol. The number of nitrogens with two attached hydrogens (primary N) is 1. The van der Waals surface area contributed by atoms with Crippen LogP contribution in [0.1, 0.15) is 36.4 Å². The van der Waals surface area contributed by atoms with Gasteiger partial charge < -0.3 is 5.73 Å². The Hall–Kier alpha value is -2.19. The molecule has 9 heteroatoms. The minimum atomic E-state index is -4.64. The van der Waals surface area contributed by atoms with Gasteiger partial charge in [0.15, 0.2) is 0 Å². The molecule has 2 saturated carbocycles. The van der Waals surface area contributed by atoms with Crippen molar-refractivity contribution in [2.75, 3.05) is 5.73 Å². The number of anilines is 1. The first-order chi connectivity index (χ1) is 12.3. The maximum absolute atomic E-state index is 13.1. The second kappa shape index (κ2) is 5.92. The zero-order valence-electron chi connectivity index (χ0n) is 13.7. The Morgan fingerprint density at radius 1 is 1.19 bits per heavy atom. The summed E-state index contributed by atoms with van der Waals surface area (Å²) in [5, 5.41) is 4.15. The van der Waals surface area contributed by atoms with Crippen molar-refractivity contribution < 1.29 is 22.0 Å². The second-order valence-corrected chi connectivity index (χ2v) is 6.97. The molecule has 140 valence electrons. The van der Waals surface area contributed by atoms with E-state index in [9.17, 15) is 22.0 Å². The topological polar surface area (TPSA) is 56.7 Å². The molecule has 0 aliphatic heterocycles. The maximum Gasteiger partial charge on any atom is 0.419 e. The smallest absolute Gasteiger partial charge is 0.383 e. The van der Waals surface area contributed by atoms with Gasteiger partial charge >= 0.3 is 6.18 Å². The fourth-order valence-corrected chi connectivity index (χ4v) is 4.22. The molecule has 3 atom stereocenters. The molecule has 1 unspecified atom stereocenters. The number of fused-ring (bicyclic) bond motifs is 1. The van der Waals surface area contributed by atoms with E-state index in [1.165, 1.54) is 10.9 Å². The SMILES string of the molecule is Nc1ncc(-c2cc(C3[C@H]4CCC[C@@H]34)n(CC(F)F)n2)cc1C(F)(F)F. The molecular formula is C17H17F5N4. The summed E-state index contributed by atoms with van der Waals surface area (Å²) in [6.07, 6.45) is -2.78. The molecule has 2 aliphatic carbocycles. The maximum atomic E-state index is 13.1. The highest BCUT2D eigenvalue weighted by Gasteiger charge is 2.54. The fourth-order valence-electron chi connectivity index (χ4n) is 4.22. The molecule has 2 N–H and O–H groups in total. The van der Waals surface area contributed by atoms with E-state index in [4.69, 9.17) is 5.73 Å². The fraction of sp³-hybridized carbons (Fsp3) is 0.529. The van der Waals surface area contributed by atoms with E-state index in [1.54, 1.807) is 6.07 Å². The molecule has 0 saturated heterocycles. The van der Waals surface area contributed by atoms with Crippen LogP contribution < -0.4 is 5.73 Å². The molecule has 0 radical (unpaired) electrons. The summed E-state index contributed by atoms with van der Waals surface area (Å²) in [5.41, 5.74) is 5.28. The number of rotatable bonds is 4. The molecule has 0 spiro atoms. The molecule has 4 nitrogen and oxygen atoms in total. The van der Waals surface area contributed by atoms with Gasteiger partial charge in [0, 0.05) is 23.4 Å². The van der Waals surface area contributed by atoms with Crippen LogP contribution in [0.5, 0.6) is 0 Å². The zero-order valence-corrected chi connectivity index (χ0v) is 13.7. The normalized spacial score (nSPS) is 24.9. The summed E-state index contributed by atoms with van der Waals surface area (Å²) in [6.45, 7) is -0.570. The van der Waals surface area contributed by atoms with Gasteiger partial charge in [0.25, 0.3) is 6.43 Å². The average molecular weight is 372 g/mol. The van der Waals surface area contributed by atoms with Gasteiger partial charge in [-0.05, 0) is 36.8 Å². The molecule has 2 heterocycles. The predicted octanol–water partition coefficient (Wildman–Crippen LogP) is 4.32. The Morgan fingerprint density at radius 2 is 1.88 bits per heavy atom. The molecule has 26 heavy (non-hydrogen) atoms.